The minimum atomic E-state index is -2.59. The summed E-state index contributed by atoms with van der Waals surface area (Å²) in [5, 5.41) is 1.22. The molecular weight excluding hydrogens is 244 g/mol. The van der Waals surface area contributed by atoms with Crippen molar-refractivity contribution >= 4 is 8.80 Å². The number of hydrogen-bond donors (Lipinski definition) is 0. The van der Waals surface area contributed by atoms with Crippen LogP contribution in [-0.4, -0.2) is 30.1 Å². The van der Waals surface area contributed by atoms with Crippen molar-refractivity contribution in [3.05, 3.63) is 47.2 Å². The van der Waals surface area contributed by atoms with Crippen LogP contribution in [0.1, 0.15) is 12.0 Å². The van der Waals surface area contributed by atoms with E-state index in [-0.39, 0.29) is 0 Å². The lowest BCUT2D eigenvalue weighted by atomic mass is 9.88. The second-order valence-electron chi connectivity index (χ2n) is 4.45. The van der Waals surface area contributed by atoms with Gasteiger partial charge in [-0.05, 0) is 29.5 Å². The minimum absolute atomic E-state index is 0.485. The molecule has 3 nitrogen and oxygen atoms in total. The average molecular weight is 264 g/mol. The largest absolute Gasteiger partial charge is 0.532 e. The van der Waals surface area contributed by atoms with Crippen LogP contribution in [0.5, 0.6) is 0 Å². The fourth-order valence-electron chi connectivity index (χ4n) is 2.47. The van der Waals surface area contributed by atoms with Crippen molar-refractivity contribution in [1.82, 2.24) is 0 Å². The zero-order valence-electron chi connectivity index (χ0n) is 11.2. The zero-order chi connectivity index (χ0) is 13.0. The Bertz CT molecular complexity index is 404. The Kier molecular flexibility index (Phi) is 4.34. The maximum Gasteiger partial charge on any atom is 0.532 e. The first-order chi connectivity index (χ1) is 8.75. The highest BCUT2D eigenvalue weighted by molar-refractivity contribution is 6.69. The summed E-state index contributed by atoms with van der Waals surface area (Å²) >= 11 is 0. The van der Waals surface area contributed by atoms with Gasteiger partial charge in [0.05, 0.1) is 0 Å². The van der Waals surface area contributed by atoms with E-state index in [9.17, 15) is 0 Å². The van der Waals surface area contributed by atoms with Crippen molar-refractivity contribution in [3.8, 4) is 0 Å². The molecule has 0 fully saturated rings. The fraction of sp³-hybridized carbons (Fsp3) is 0.429. The van der Waals surface area contributed by atoms with E-state index in [1.165, 1.54) is 10.8 Å². The third kappa shape index (κ3) is 2.42. The van der Waals surface area contributed by atoms with Crippen molar-refractivity contribution in [1.29, 1.82) is 0 Å². The van der Waals surface area contributed by atoms with Gasteiger partial charge in [-0.1, -0.05) is 36.4 Å². The highest BCUT2D eigenvalue weighted by atomic mass is 28.4. The summed E-state index contributed by atoms with van der Waals surface area (Å²) in [6.45, 7) is 0. The molecule has 0 radical (unpaired) electrons. The molecule has 0 N–H and O–H groups in total. The average Bonchev–Trinajstić information content (AvgIpc) is 2.42. The van der Waals surface area contributed by atoms with Crippen molar-refractivity contribution in [2.75, 3.05) is 21.3 Å². The summed E-state index contributed by atoms with van der Waals surface area (Å²) in [4.78, 5) is 0. The third-order valence-corrected chi connectivity index (χ3v) is 6.48. The van der Waals surface area contributed by atoms with Gasteiger partial charge in [0.25, 0.3) is 0 Å². The summed E-state index contributed by atoms with van der Waals surface area (Å²) in [5.41, 5.74) is 1.35. The molecule has 4 heteroatoms. The SMILES string of the molecule is CO[Si](OC)(OC)C1=CCC1Cc1ccccc1. The minimum Gasteiger partial charge on any atom is -0.374 e. The van der Waals surface area contributed by atoms with Crippen LogP contribution in [0.4, 0.5) is 0 Å². The number of rotatable bonds is 6. The molecule has 1 aliphatic rings. The van der Waals surface area contributed by atoms with Gasteiger partial charge in [0.15, 0.2) is 0 Å². The van der Waals surface area contributed by atoms with Gasteiger partial charge in [0.2, 0.25) is 0 Å². The molecule has 1 aromatic rings. The summed E-state index contributed by atoms with van der Waals surface area (Å²) < 4.78 is 16.6. The van der Waals surface area contributed by atoms with E-state index < -0.39 is 8.80 Å². The maximum atomic E-state index is 5.53. The molecule has 0 saturated heterocycles. The summed E-state index contributed by atoms with van der Waals surface area (Å²) in [7, 11) is 2.40. The number of benzene rings is 1. The molecule has 0 saturated carbocycles. The van der Waals surface area contributed by atoms with Crippen LogP contribution in [0.3, 0.4) is 0 Å². The highest BCUT2D eigenvalue weighted by Crippen LogP contribution is 2.37. The van der Waals surface area contributed by atoms with E-state index in [0.29, 0.717) is 5.92 Å². The Labute approximate surface area is 110 Å². The lowest BCUT2D eigenvalue weighted by Gasteiger charge is -2.36. The van der Waals surface area contributed by atoms with E-state index in [1.54, 1.807) is 21.3 Å². The zero-order valence-corrected chi connectivity index (χ0v) is 12.2. The van der Waals surface area contributed by atoms with E-state index >= 15 is 0 Å². The molecule has 98 valence electrons. The fourth-order valence-corrected chi connectivity index (χ4v) is 4.77. The molecule has 18 heavy (non-hydrogen) atoms. The van der Waals surface area contributed by atoms with Gasteiger partial charge in [-0.15, -0.1) is 0 Å². The quantitative estimate of drug-likeness (QED) is 0.739. The van der Waals surface area contributed by atoms with Crippen molar-refractivity contribution < 1.29 is 13.3 Å². The Morgan fingerprint density at radius 1 is 1.06 bits per heavy atom. The van der Waals surface area contributed by atoms with Gasteiger partial charge in [-0.3, -0.25) is 0 Å². The summed E-state index contributed by atoms with van der Waals surface area (Å²) in [5.74, 6) is 0.485. The molecule has 0 heterocycles. The molecule has 1 aliphatic carbocycles. The van der Waals surface area contributed by atoms with E-state index in [2.05, 4.69) is 30.3 Å². The van der Waals surface area contributed by atoms with E-state index in [0.717, 1.165) is 12.8 Å². The lowest BCUT2D eigenvalue weighted by Crippen LogP contribution is -2.50. The summed E-state index contributed by atoms with van der Waals surface area (Å²) in [6.07, 6.45) is 4.29. The third-order valence-electron chi connectivity index (χ3n) is 3.55. The van der Waals surface area contributed by atoms with Gasteiger partial charge in [0, 0.05) is 21.3 Å². The van der Waals surface area contributed by atoms with E-state index in [1.807, 2.05) is 6.07 Å². The first-order valence-electron chi connectivity index (χ1n) is 6.15. The molecule has 1 aromatic carbocycles. The second-order valence-corrected chi connectivity index (χ2v) is 7.36. The van der Waals surface area contributed by atoms with Crippen LogP contribution in [0, 0.1) is 5.92 Å². The highest BCUT2D eigenvalue weighted by Gasteiger charge is 2.48. The predicted molar refractivity (Wildman–Crippen MR) is 73.1 cm³/mol. The molecule has 0 bridgehead atoms. The Morgan fingerprint density at radius 3 is 2.11 bits per heavy atom. The standard InChI is InChI=1S/C14H20O3Si/c1-15-18(16-2,17-3)14-10-9-13(14)11-12-7-5-4-6-8-12/h4-8,10,13H,9,11H2,1-3H3. The van der Waals surface area contributed by atoms with Crippen LogP contribution >= 0.6 is 0 Å². The first-order valence-corrected chi connectivity index (χ1v) is 7.88. The van der Waals surface area contributed by atoms with Crippen LogP contribution in [0.25, 0.3) is 0 Å². The van der Waals surface area contributed by atoms with Crippen LogP contribution in [-0.2, 0) is 19.7 Å². The Balaban J connectivity index is 2.08. The lowest BCUT2D eigenvalue weighted by molar-refractivity contribution is 0.128. The first kappa shape index (κ1) is 13.5. The van der Waals surface area contributed by atoms with Crippen LogP contribution < -0.4 is 0 Å². The summed E-state index contributed by atoms with van der Waals surface area (Å²) in [6, 6.07) is 10.5. The van der Waals surface area contributed by atoms with Gasteiger partial charge < -0.3 is 13.3 Å². The van der Waals surface area contributed by atoms with Gasteiger partial charge in [0.1, 0.15) is 0 Å². The molecule has 2 rings (SSSR count). The molecular formula is C14H20O3Si. The molecule has 0 spiro atoms. The molecule has 0 aliphatic heterocycles. The monoisotopic (exact) mass is 264 g/mol. The Hall–Kier alpha value is -0.943. The van der Waals surface area contributed by atoms with E-state index in [4.69, 9.17) is 13.3 Å². The second kappa shape index (κ2) is 5.80. The molecule has 1 atom stereocenters. The maximum absolute atomic E-state index is 5.53. The van der Waals surface area contributed by atoms with Crippen molar-refractivity contribution in [2.24, 2.45) is 5.92 Å². The topological polar surface area (TPSA) is 27.7 Å². The number of allylic oxidation sites excluding steroid dienone is 2. The predicted octanol–water partition coefficient (Wildman–Crippen LogP) is 2.59. The van der Waals surface area contributed by atoms with Crippen LogP contribution in [0.15, 0.2) is 41.6 Å². The van der Waals surface area contributed by atoms with Crippen molar-refractivity contribution in [3.63, 3.8) is 0 Å². The smallest absolute Gasteiger partial charge is 0.374 e. The molecule has 0 aromatic heterocycles. The van der Waals surface area contributed by atoms with Crippen molar-refractivity contribution in [2.45, 2.75) is 12.8 Å². The molecule has 0 amide bonds. The molecule has 1 unspecified atom stereocenters. The van der Waals surface area contributed by atoms with Gasteiger partial charge in [-0.25, -0.2) is 0 Å². The number of hydrogen-bond acceptors (Lipinski definition) is 3. The van der Waals surface area contributed by atoms with Crippen LogP contribution in [0.2, 0.25) is 0 Å². The normalized spacial score (nSPS) is 19.3. The Morgan fingerprint density at radius 2 is 1.67 bits per heavy atom. The van der Waals surface area contributed by atoms with Gasteiger partial charge in [-0.2, -0.15) is 0 Å². The van der Waals surface area contributed by atoms with Gasteiger partial charge >= 0.3 is 8.80 Å².